The molecule has 0 saturated carbocycles. The van der Waals surface area contributed by atoms with Gasteiger partial charge >= 0.3 is 0 Å². The van der Waals surface area contributed by atoms with E-state index in [9.17, 15) is 9.59 Å². The van der Waals surface area contributed by atoms with Crippen LogP contribution in [0.25, 0.3) is 0 Å². The van der Waals surface area contributed by atoms with Gasteiger partial charge in [0.05, 0.1) is 18.6 Å². The molecule has 3 aromatic rings. The van der Waals surface area contributed by atoms with Gasteiger partial charge in [-0.3, -0.25) is 9.59 Å². The van der Waals surface area contributed by atoms with Gasteiger partial charge in [-0.25, -0.2) is 4.98 Å². The maximum Gasteiger partial charge on any atom is 0.272 e. The molecule has 3 heterocycles. The Morgan fingerprint density at radius 1 is 1.23 bits per heavy atom. The van der Waals surface area contributed by atoms with E-state index in [-0.39, 0.29) is 23.9 Å². The van der Waals surface area contributed by atoms with E-state index in [0.717, 1.165) is 23.5 Å². The number of nitrogens with zero attached hydrogens (tertiary/aromatic N) is 5. The van der Waals surface area contributed by atoms with Crippen LogP contribution in [0.3, 0.4) is 0 Å². The first-order valence-electron chi connectivity index (χ1n) is 13.0. The molecule has 1 saturated heterocycles. The number of H-pyrrole nitrogens is 1. The topological polar surface area (TPSA) is 133 Å². The molecule has 1 fully saturated rings. The third-order valence-electron chi connectivity index (χ3n) is 6.84. The number of aromatic nitrogens is 4. The molecule has 39 heavy (non-hydrogen) atoms. The van der Waals surface area contributed by atoms with E-state index in [1.54, 1.807) is 29.9 Å². The Kier molecular flexibility index (Phi) is 10.2. The summed E-state index contributed by atoms with van der Waals surface area (Å²) in [5.41, 5.74) is 9.37. The van der Waals surface area contributed by atoms with Crippen molar-refractivity contribution in [1.82, 2.24) is 30.0 Å². The molecule has 1 aliphatic heterocycles. The van der Waals surface area contributed by atoms with E-state index in [0.29, 0.717) is 54.1 Å². The van der Waals surface area contributed by atoms with Gasteiger partial charge in [-0.1, -0.05) is 54.5 Å². The first kappa shape index (κ1) is 29.3. The number of hydrogen-bond donors (Lipinski definition) is 3. The summed E-state index contributed by atoms with van der Waals surface area (Å²) in [5, 5.41) is 12.9. The zero-order chi connectivity index (χ0) is 27.9. The van der Waals surface area contributed by atoms with Gasteiger partial charge in [-0.2, -0.15) is 0 Å². The lowest BCUT2D eigenvalue weighted by Gasteiger charge is -2.47. The van der Waals surface area contributed by atoms with Crippen LogP contribution in [0, 0.1) is 5.92 Å². The number of anilines is 1. The molecular formula is C26H34Cl2N8O2S. The van der Waals surface area contributed by atoms with Crippen molar-refractivity contribution in [2.45, 2.75) is 57.7 Å². The van der Waals surface area contributed by atoms with Crippen molar-refractivity contribution in [3.63, 3.8) is 0 Å². The van der Waals surface area contributed by atoms with Gasteiger partial charge < -0.3 is 25.8 Å². The summed E-state index contributed by atoms with van der Waals surface area (Å²) >= 11 is 13.8. The highest BCUT2D eigenvalue weighted by Crippen LogP contribution is 2.27. The molecule has 4 rings (SSSR count). The molecule has 4 N–H and O–H groups in total. The number of nitrogens with two attached hydrogens (primary N) is 1. The molecule has 210 valence electrons. The number of aromatic amines is 1. The second-order valence-corrected chi connectivity index (χ2v) is 11.9. The number of nitrogens with one attached hydrogen (secondary N) is 2. The van der Waals surface area contributed by atoms with E-state index in [1.165, 1.54) is 17.7 Å². The maximum atomic E-state index is 13.8. The van der Waals surface area contributed by atoms with Gasteiger partial charge in [-0.05, 0) is 49.3 Å². The van der Waals surface area contributed by atoms with Crippen LogP contribution < -0.4 is 11.1 Å². The Bertz CT molecular complexity index is 1220. The number of benzene rings is 1. The minimum atomic E-state index is -0.778. The zero-order valence-corrected chi connectivity index (χ0v) is 24.3. The summed E-state index contributed by atoms with van der Waals surface area (Å²) in [6, 6.07) is 4.08. The lowest BCUT2D eigenvalue weighted by Crippen LogP contribution is -2.63. The number of piperazine rings is 1. The fourth-order valence-corrected chi connectivity index (χ4v) is 5.96. The molecular weight excluding hydrogens is 559 g/mol. The van der Waals surface area contributed by atoms with Gasteiger partial charge in [0.15, 0.2) is 0 Å². The monoisotopic (exact) mass is 592 g/mol. The van der Waals surface area contributed by atoms with E-state index in [2.05, 4.69) is 39.3 Å². The normalized spacial score (nSPS) is 18.4. The number of carbonyl (C=O) groups is 2. The summed E-state index contributed by atoms with van der Waals surface area (Å²) in [7, 11) is 0. The number of rotatable bonds is 11. The van der Waals surface area contributed by atoms with Crippen LogP contribution in [-0.4, -0.2) is 79.5 Å². The molecule has 0 spiro atoms. The smallest absolute Gasteiger partial charge is 0.272 e. The third-order valence-corrected chi connectivity index (χ3v) is 8.07. The van der Waals surface area contributed by atoms with Gasteiger partial charge in [0.25, 0.3) is 5.91 Å². The second kappa shape index (κ2) is 13.6. The predicted molar refractivity (Wildman–Crippen MR) is 154 cm³/mol. The number of imidazole rings is 1. The van der Waals surface area contributed by atoms with Crippen LogP contribution in [0.4, 0.5) is 5.13 Å². The van der Waals surface area contributed by atoms with Gasteiger partial charge in [0.1, 0.15) is 11.2 Å². The minimum Gasteiger partial charge on any atom is -0.360 e. The van der Waals surface area contributed by atoms with Crippen LogP contribution in [0.5, 0.6) is 0 Å². The summed E-state index contributed by atoms with van der Waals surface area (Å²) < 4.78 is 0. The molecule has 0 unspecified atom stereocenters. The van der Waals surface area contributed by atoms with Crippen molar-refractivity contribution in [1.29, 1.82) is 0 Å². The van der Waals surface area contributed by atoms with Crippen molar-refractivity contribution >= 4 is 51.5 Å². The fourth-order valence-electron chi connectivity index (χ4n) is 5.00. The highest BCUT2D eigenvalue weighted by molar-refractivity contribution is 7.13. The van der Waals surface area contributed by atoms with Crippen LogP contribution in [0.15, 0.2) is 36.2 Å². The highest BCUT2D eigenvalue weighted by atomic mass is 35.5. The number of carbonyl (C=O) groups excluding carboxylic acids is 2. The lowest BCUT2D eigenvalue weighted by molar-refractivity contribution is -0.139. The van der Waals surface area contributed by atoms with E-state index < -0.39 is 6.04 Å². The summed E-state index contributed by atoms with van der Waals surface area (Å²) in [4.78, 5) is 38.0. The van der Waals surface area contributed by atoms with Crippen molar-refractivity contribution in [2.75, 3.05) is 25.0 Å². The Balaban J connectivity index is 1.53. The predicted octanol–water partition coefficient (Wildman–Crippen LogP) is 4.10. The summed E-state index contributed by atoms with van der Waals surface area (Å²) in [5.74, 6) is 0.0724. The molecule has 10 nitrogen and oxygen atoms in total. The fraction of sp³-hybridized carbons (Fsp3) is 0.500. The number of halogens is 2. The molecule has 0 aliphatic carbocycles. The zero-order valence-electron chi connectivity index (χ0n) is 22.0. The van der Waals surface area contributed by atoms with Crippen molar-refractivity contribution in [2.24, 2.45) is 11.7 Å². The van der Waals surface area contributed by atoms with Crippen LogP contribution >= 0.6 is 34.5 Å². The van der Waals surface area contributed by atoms with Crippen molar-refractivity contribution in [3.05, 3.63) is 57.5 Å². The number of hydrogen-bond acceptors (Lipinski definition) is 8. The highest BCUT2D eigenvalue weighted by Gasteiger charge is 2.40. The molecule has 1 aliphatic rings. The first-order valence-corrected chi connectivity index (χ1v) is 14.7. The van der Waals surface area contributed by atoms with Crippen molar-refractivity contribution in [3.8, 4) is 0 Å². The molecule has 0 radical (unpaired) electrons. The summed E-state index contributed by atoms with van der Waals surface area (Å²) in [6.07, 6.45) is 5.55. The van der Waals surface area contributed by atoms with Crippen LogP contribution in [0.1, 0.15) is 49.2 Å². The average molecular weight is 594 g/mol. The van der Waals surface area contributed by atoms with E-state index >= 15 is 0 Å². The van der Waals surface area contributed by atoms with E-state index in [4.69, 9.17) is 28.9 Å². The Morgan fingerprint density at radius 3 is 2.69 bits per heavy atom. The Morgan fingerprint density at radius 2 is 2.03 bits per heavy atom. The first-order chi connectivity index (χ1) is 18.7. The quantitative estimate of drug-likeness (QED) is 0.285. The molecule has 2 aromatic heterocycles. The van der Waals surface area contributed by atoms with Gasteiger partial charge in [0, 0.05) is 41.8 Å². The van der Waals surface area contributed by atoms with Gasteiger partial charge in [0.2, 0.25) is 11.0 Å². The van der Waals surface area contributed by atoms with Gasteiger partial charge in [-0.15, -0.1) is 10.2 Å². The molecule has 1 aromatic carbocycles. The average Bonchev–Trinajstić information content (AvgIpc) is 3.62. The van der Waals surface area contributed by atoms with Crippen LogP contribution in [-0.2, 0) is 11.2 Å². The molecule has 0 bridgehead atoms. The van der Waals surface area contributed by atoms with E-state index in [1.807, 2.05) is 9.80 Å². The lowest BCUT2D eigenvalue weighted by atomic mass is 9.94. The second-order valence-electron chi connectivity index (χ2n) is 10.2. The SMILES string of the molecule is CC(C)C[C@@H]1CN(C(=O)[C@H](N)Cc2ccc(Cl)cc2Cl)[C@@H](CCCNc2nncs2)CN1C(=O)c1cnc[nH]1. The van der Waals surface area contributed by atoms with Crippen molar-refractivity contribution < 1.29 is 9.59 Å². The standard InChI is InChI=1S/C26H34Cl2N8O2S/c1-16(2)8-20-13-35(24(37)22(29)9-17-5-6-18(27)10-21(17)28)19(4-3-7-31-26-34-33-15-39-26)12-36(20)25(38)23-11-30-14-32-23/h5-6,10-11,14-16,19-20,22H,3-4,7-9,12-13,29H2,1-2H3,(H,30,32)(H,31,34)/t19-,20+,22+/m0/s1. The van der Waals surface area contributed by atoms with Crippen LogP contribution in [0.2, 0.25) is 10.0 Å². The third kappa shape index (κ3) is 7.69. The number of amides is 2. The molecule has 13 heteroatoms. The Labute approximate surface area is 242 Å². The maximum absolute atomic E-state index is 13.8. The Hall–Kier alpha value is -2.73. The minimum absolute atomic E-state index is 0.112. The largest absolute Gasteiger partial charge is 0.360 e. The summed E-state index contributed by atoms with van der Waals surface area (Å²) in [6.45, 7) is 5.72. The molecule has 3 atom stereocenters. The molecule has 2 amide bonds.